The fraction of sp³-hybridized carbons (Fsp3) is 0.476. The molecule has 0 saturated carbocycles. The van der Waals surface area contributed by atoms with Gasteiger partial charge in [-0.2, -0.15) is 4.31 Å². The zero-order valence-electron chi connectivity index (χ0n) is 18.3. The summed E-state index contributed by atoms with van der Waals surface area (Å²) in [6.07, 6.45) is 2.84. The molecule has 0 aliphatic carbocycles. The zero-order chi connectivity index (χ0) is 23.0. The van der Waals surface area contributed by atoms with Crippen molar-refractivity contribution in [3.8, 4) is 17.3 Å². The summed E-state index contributed by atoms with van der Waals surface area (Å²) >= 11 is 1.69. The molecule has 0 atom stereocenters. The lowest BCUT2D eigenvalue weighted by molar-refractivity contribution is 0.122. The molecule has 0 amide bonds. The lowest BCUT2D eigenvalue weighted by Crippen LogP contribution is -2.47. The predicted octanol–water partition coefficient (Wildman–Crippen LogP) is 1.37. The molecular weight excluding hydrogens is 464 g/mol. The number of hydrogen-bond donors (Lipinski definition) is 1. The third-order valence-corrected chi connectivity index (χ3v) is 8.31. The van der Waals surface area contributed by atoms with E-state index in [0.717, 1.165) is 41.2 Å². The van der Waals surface area contributed by atoms with Crippen LogP contribution in [0.5, 0.6) is 5.88 Å². The van der Waals surface area contributed by atoms with Crippen molar-refractivity contribution < 1.29 is 18.3 Å². The number of ether oxygens (including phenoxy) is 1. The minimum absolute atomic E-state index is 0.0398. The van der Waals surface area contributed by atoms with Crippen molar-refractivity contribution in [2.45, 2.75) is 6.54 Å². The van der Waals surface area contributed by atoms with E-state index in [0.29, 0.717) is 45.2 Å². The number of pyridine rings is 1. The maximum atomic E-state index is 11.8. The molecule has 12 heteroatoms. The molecule has 2 fully saturated rings. The molecule has 5 rings (SSSR count). The molecule has 5 heterocycles. The van der Waals surface area contributed by atoms with Gasteiger partial charge in [0.15, 0.2) is 11.6 Å². The van der Waals surface area contributed by atoms with Crippen molar-refractivity contribution in [2.75, 3.05) is 63.6 Å². The second-order valence-electron chi connectivity index (χ2n) is 8.24. The summed E-state index contributed by atoms with van der Waals surface area (Å²) in [6, 6.07) is 5.40. The van der Waals surface area contributed by atoms with Crippen LogP contribution in [-0.2, 0) is 21.3 Å². The van der Waals surface area contributed by atoms with Crippen molar-refractivity contribution in [3.05, 3.63) is 29.3 Å². The summed E-state index contributed by atoms with van der Waals surface area (Å²) in [6.45, 7) is 6.02. The number of sulfonamides is 1. The van der Waals surface area contributed by atoms with Crippen LogP contribution >= 0.6 is 11.3 Å². The van der Waals surface area contributed by atoms with E-state index >= 15 is 0 Å². The zero-order valence-corrected chi connectivity index (χ0v) is 20.0. The van der Waals surface area contributed by atoms with Crippen molar-refractivity contribution in [2.24, 2.45) is 0 Å². The number of anilines is 1. The van der Waals surface area contributed by atoms with E-state index in [2.05, 4.69) is 20.9 Å². The Bertz CT molecular complexity index is 1230. The highest BCUT2D eigenvalue weighted by Crippen LogP contribution is 2.35. The Balaban J connectivity index is 1.45. The highest BCUT2D eigenvalue weighted by atomic mass is 32.2. The number of thiophene rings is 1. The summed E-state index contributed by atoms with van der Waals surface area (Å²) in [5, 5.41) is 9.54. The molecule has 10 nitrogen and oxygen atoms in total. The van der Waals surface area contributed by atoms with E-state index in [1.165, 1.54) is 21.5 Å². The number of aromatic nitrogens is 3. The fourth-order valence-electron chi connectivity index (χ4n) is 4.12. The van der Waals surface area contributed by atoms with Gasteiger partial charge in [0.25, 0.3) is 0 Å². The second kappa shape index (κ2) is 9.11. The average molecular weight is 491 g/mol. The van der Waals surface area contributed by atoms with Crippen molar-refractivity contribution >= 4 is 37.4 Å². The summed E-state index contributed by atoms with van der Waals surface area (Å²) in [7, 11) is -3.14. The summed E-state index contributed by atoms with van der Waals surface area (Å²) in [5.41, 5.74) is 1.62. The third kappa shape index (κ3) is 4.94. The smallest absolute Gasteiger partial charge is 0.211 e. The fourth-order valence-corrected chi connectivity index (χ4v) is 6.10. The SMILES string of the molecule is CS(=O)(=O)N1CCN(Cc2cc3nc(-c4ccc(O)nc4)nc(N4CCOCC4)c3s2)CC1. The van der Waals surface area contributed by atoms with Gasteiger partial charge in [0.05, 0.1) is 29.7 Å². The molecule has 0 unspecified atom stereocenters. The molecule has 176 valence electrons. The maximum absolute atomic E-state index is 11.8. The molecule has 2 aliphatic rings. The highest BCUT2D eigenvalue weighted by Gasteiger charge is 2.25. The van der Waals surface area contributed by atoms with Crippen LogP contribution in [0.1, 0.15) is 4.88 Å². The highest BCUT2D eigenvalue weighted by molar-refractivity contribution is 7.88. The number of rotatable bonds is 5. The number of hydrogen-bond acceptors (Lipinski definition) is 10. The number of fused-ring (bicyclic) bond motifs is 1. The Kier molecular flexibility index (Phi) is 6.18. The molecule has 3 aromatic rings. The molecule has 0 bridgehead atoms. The quantitative estimate of drug-likeness (QED) is 0.567. The van der Waals surface area contributed by atoms with Gasteiger partial charge in [0.2, 0.25) is 15.9 Å². The molecule has 1 N–H and O–H groups in total. The van der Waals surface area contributed by atoms with Crippen LogP contribution in [0.2, 0.25) is 0 Å². The van der Waals surface area contributed by atoms with Gasteiger partial charge in [-0.3, -0.25) is 4.90 Å². The first kappa shape index (κ1) is 22.4. The molecule has 0 aromatic carbocycles. The van der Waals surface area contributed by atoms with Crippen LogP contribution in [0.15, 0.2) is 24.4 Å². The largest absolute Gasteiger partial charge is 0.493 e. The molecule has 0 radical (unpaired) electrons. The second-order valence-corrected chi connectivity index (χ2v) is 11.4. The van der Waals surface area contributed by atoms with Gasteiger partial charge < -0.3 is 14.7 Å². The van der Waals surface area contributed by atoms with Crippen LogP contribution < -0.4 is 4.90 Å². The Morgan fingerprint density at radius 1 is 1.09 bits per heavy atom. The van der Waals surface area contributed by atoms with Gasteiger partial charge in [-0.25, -0.2) is 23.4 Å². The average Bonchev–Trinajstić information content (AvgIpc) is 3.21. The predicted molar refractivity (Wildman–Crippen MR) is 127 cm³/mol. The summed E-state index contributed by atoms with van der Waals surface area (Å²) in [4.78, 5) is 19.3. The molecule has 2 aliphatic heterocycles. The molecule has 33 heavy (non-hydrogen) atoms. The van der Waals surface area contributed by atoms with Crippen molar-refractivity contribution in [3.63, 3.8) is 0 Å². The summed E-state index contributed by atoms with van der Waals surface area (Å²) < 4.78 is 31.7. The topological polar surface area (TPSA) is 112 Å². The van der Waals surface area contributed by atoms with Crippen molar-refractivity contribution in [1.82, 2.24) is 24.2 Å². The van der Waals surface area contributed by atoms with Gasteiger partial charge in [-0.15, -0.1) is 11.3 Å². The third-order valence-electron chi connectivity index (χ3n) is 5.90. The molecular formula is C21H26N6O4S2. The number of nitrogens with zero attached hydrogens (tertiary/aromatic N) is 6. The monoisotopic (exact) mass is 490 g/mol. The minimum Gasteiger partial charge on any atom is -0.493 e. The van der Waals surface area contributed by atoms with Gasteiger partial charge in [-0.1, -0.05) is 0 Å². The minimum atomic E-state index is -3.14. The van der Waals surface area contributed by atoms with E-state index < -0.39 is 10.0 Å². The Morgan fingerprint density at radius 2 is 1.85 bits per heavy atom. The van der Waals surface area contributed by atoms with Crippen molar-refractivity contribution in [1.29, 1.82) is 0 Å². The lowest BCUT2D eigenvalue weighted by atomic mass is 10.2. The van der Waals surface area contributed by atoms with E-state index in [1.54, 1.807) is 23.6 Å². The van der Waals surface area contributed by atoms with Crippen LogP contribution in [0.25, 0.3) is 21.6 Å². The normalized spacial score (nSPS) is 18.8. The van der Waals surface area contributed by atoms with Gasteiger partial charge >= 0.3 is 0 Å². The molecule has 3 aromatic heterocycles. The standard InChI is InChI=1S/C21H26N6O4S2/c1-33(29,30)27-6-4-25(5-7-27)14-16-12-17-19(32-16)21(26-8-10-31-11-9-26)24-20(23-17)15-2-3-18(28)22-13-15/h2-3,12-13H,4-11,14H2,1H3,(H,22,28). The molecule has 0 spiro atoms. The molecule has 2 saturated heterocycles. The van der Waals surface area contributed by atoms with Crippen LogP contribution in [0, 0.1) is 0 Å². The van der Waals surface area contributed by atoms with E-state index in [1.807, 2.05) is 0 Å². The van der Waals surface area contributed by atoms with Gasteiger partial charge in [-0.05, 0) is 12.1 Å². The Labute approximate surface area is 196 Å². The van der Waals surface area contributed by atoms with E-state index in [-0.39, 0.29) is 5.88 Å². The van der Waals surface area contributed by atoms with E-state index in [9.17, 15) is 13.5 Å². The Morgan fingerprint density at radius 3 is 2.52 bits per heavy atom. The van der Waals surface area contributed by atoms with Gasteiger partial charge in [0, 0.05) is 68.5 Å². The van der Waals surface area contributed by atoms with Crippen LogP contribution in [-0.4, -0.2) is 96.4 Å². The first-order valence-corrected chi connectivity index (χ1v) is 13.5. The first-order chi connectivity index (χ1) is 15.9. The first-order valence-electron chi connectivity index (χ1n) is 10.8. The van der Waals surface area contributed by atoms with E-state index in [4.69, 9.17) is 14.7 Å². The number of aromatic hydroxyl groups is 1. The van der Waals surface area contributed by atoms with Crippen LogP contribution in [0.4, 0.5) is 5.82 Å². The lowest BCUT2D eigenvalue weighted by Gasteiger charge is -2.32. The number of morpholine rings is 1. The summed E-state index contributed by atoms with van der Waals surface area (Å²) in [5.74, 6) is 1.43. The number of piperazine rings is 1. The van der Waals surface area contributed by atoms with Crippen LogP contribution in [0.3, 0.4) is 0 Å². The maximum Gasteiger partial charge on any atom is 0.211 e. The van der Waals surface area contributed by atoms with Gasteiger partial charge in [0.1, 0.15) is 0 Å². The Hall–Kier alpha value is -2.38.